The largest absolute Gasteiger partial charge is 0.335 e. The van der Waals surface area contributed by atoms with Crippen molar-refractivity contribution in [3.05, 3.63) is 12.3 Å². The lowest BCUT2D eigenvalue weighted by molar-refractivity contribution is 0.452. The van der Waals surface area contributed by atoms with Crippen LogP contribution in [0.3, 0.4) is 0 Å². The van der Waals surface area contributed by atoms with E-state index in [1.54, 1.807) is 0 Å². The van der Waals surface area contributed by atoms with E-state index < -0.39 is 5.66 Å². The van der Waals surface area contributed by atoms with Gasteiger partial charge in [0.15, 0.2) is 5.96 Å². The molecule has 2 rings (SSSR count). The Morgan fingerprint density at radius 2 is 2.20 bits per heavy atom. The third-order valence-electron chi connectivity index (χ3n) is 2.66. The molecule has 2 aliphatic rings. The van der Waals surface area contributed by atoms with Crippen LogP contribution in [-0.4, -0.2) is 30.8 Å². The van der Waals surface area contributed by atoms with Gasteiger partial charge in [-0.05, 0) is 38.9 Å². The minimum absolute atomic E-state index is 0.406. The highest BCUT2D eigenvalue weighted by atomic mass is 15.3. The molecule has 0 bridgehead atoms. The average Bonchev–Trinajstić information content (AvgIpc) is 2.17. The zero-order chi connectivity index (χ0) is 10.7. The van der Waals surface area contributed by atoms with Crippen molar-refractivity contribution in [3.63, 3.8) is 0 Å². The number of nitrogens with zero attached hydrogens (tertiary/aromatic N) is 1. The molecule has 1 unspecified atom stereocenters. The second kappa shape index (κ2) is 4.20. The first-order valence-electron chi connectivity index (χ1n) is 5.45. The summed E-state index contributed by atoms with van der Waals surface area (Å²) in [5.74, 6) is 0.786. The molecule has 0 aromatic carbocycles. The second-order valence-electron chi connectivity index (χ2n) is 4.34. The Bertz CT molecular complexity index is 276. The Hall–Kier alpha value is -1.07. The summed E-state index contributed by atoms with van der Waals surface area (Å²) >= 11 is 0. The van der Waals surface area contributed by atoms with E-state index in [1.807, 2.05) is 19.2 Å². The first-order valence-corrected chi connectivity index (χ1v) is 5.45. The van der Waals surface area contributed by atoms with Gasteiger partial charge in [0.25, 0.3) is 0 Å². The van der Waals surface area contributed by atoms with E-state index in [0.29, 0.717) is 6.04 Å². The molecule has 5 heteroatoms. The highest BCUT2D eigenvalue weighted by Gasteiger charge is 2.20. The van der Waals surface area contributed by atoms with E-state index in [0.717, 1.165) is 31.9 Å². The van der Waals surface area contributed by atoms with Gasteiger partial charge in [0.2, 0.25) is 0 Å². The molecule has 84 valence electrons. The van der Waals surface area contributed by atoms with E-state index >= 15 is 0 Å². The van der Waals surface area contributed by atoms with Gasteiger partial charge in [-0.2, -0.15) is 0 Å². The maximum Gasteiger partial charge on any atom is 0.197 e. The molecule has 5 N–H and O–H groups in total. The van der Waals surface area contributed by atoms with Crippen LogP contribution in [-0.2, 0) is 0 Å². The smallest absolute Gasteiger partial charge is 0.197 e. The summed E-state index contributed by atoms with van der Waals surface area (Å²) in [6.45, 7) is 4.02. The van der Waals surface area contributed by atoms with E-state index in [4.69, 9.17) is 5.73 Å². The predicted octanol–water partition coefficient (Wildman–Crippen LogP) is -0.524. The lowest BCUT2D eigenvalue weighted by Gasteiger charge is -2.29. The van der Waals surface area contributed by atoms with Crippen molar-refractivity contribution >= 4 is 5.96 Å². The standard InChI is InChI=1S/C10H19N5/c1-10(11)4-7-13-9(15-10)14-8-2-5-12-6-3-8/h4,7-8,12H,2-3,5-6,11H2,1H3,(H2,13,14,15). The number of hydrogen-bond acceptors (Lipinski definition) is 3. The topological polar surface area (TPSA) is 74.5 Å². The fourth-order valence-electron chi connectivity index (χ4n) is 1.81. The summed E-state index contributed by atoms with van der Waals surface area (Å²) in [6, 6.07) is 0.406. The van der Waals surface area contributed by atoms with Crippen molar-refractivity contribution in [3.8, 4) is 0 Å². The van der Waals surface area contributed by atoms with E-state index in [-0.39, 0.29) is 0 Å². The molecule has 0 aromatic heterocycles. The van der Waals surface area contributed by atoms with Gasteiger partial charge >= 0.3 is 0 Å². The Kier molecular flexibility index (Phi) is 2.93. The summed E-state index contributed by atoms with van der Waals surface area (Å²) in [5.41, 5.74) is 5.45. The lowest BCUT2D eigenvalue weighted by atomic mass is 10.1. The van der Waals surface area contributed by atoms with Crippen LogP contribution in [0.2, 0.25) is 0 Å². The van der Waals surface area contributed by atoms with Crippen molar-refractivity contribution in [1.29, 1.82) is 0 Å². The van der Waals surface area contributed by atoms with Gasteiger partial charge in [-0.3, -0.25) is 0 Å². The molecule has 0 aliphatic carbocycles. The SMILES string of the molecule is CC1(N)C=CNC(=NC2CCNCC2)N1. The van der Waals surface area contributed by atoms with Gasteiger partial charge in [-0.1, -0.05) is 0 Å². The number of piperidine rings is 1. The number of hydrogen-bond donors (Lipinski definition) is 4. The zero-order valence-corrected chi connectivity index (χ0v) is 9.09. The number of nitrogens with one attached hydrogen (secondary N) is 3. The van der Waals surface area contributed by atoms with Gasteiger partial charge in [-0.25, -0.2) is 4.99 Å². The molecular weight excluding hydrogens is 190 g/mol. The van der Waals surface area contributed by atoms with Crippen molar-refractivity contribution in [2.75, 3.05) is 13.1 Å². The average molecular weight is 209 g/mol. The second-order valence-corrected chi connectivity index (χ2v) is 4.34. The minimum atomic E-state index is -0.489. The molecule has 0 aromatic rings. The molecule has 1 saturated heterocycles. The monoisotopic (exact) mass is 209 g/mol. The maximum absolute atomic E-state index is 5.94. The number of nitrogens with two attached hydrogens (primary N) is 1. The lowest BCUT2D eigenvalue weighted by Crippen LogP contribution is -2.58. The molecule has 0 amide bonds. The van der Waals surface area contributed by atoms with E-state index in [1.165, 1.54) is 0 Å². The number of aliphatic imine (C=N–C) groups is 1. The van der Waals surface area contributed by atoms with Gasteiger partial charge < -0.3 is 21.7 Å². The highest BCUT2D eigenvalue weighted by molar-refractivity contribution is 5.83. The molecule has 1 atom stereocenters. The van der Waals surface area contributed by atoms with Crippen LogP contribution in [0.5, 0.6) is 0 Å². The van der Waals surface area contributed by atoms with Crippen molar-refractivity contribution < 1.29 is 0 Å². The molecular formula is C10H19N5. The molecule has 1 fully saturated rings. The van der Waals surface area contributed by atoms with Crippen LogP contribution >= 0.6 is 0 Å². The first-order chi connectivity index (χ1) is 7.16. The third-order valence-corrected chi connectivity index (χ3v) is 2.66. The fraction of sp³-hybridized carbons (Fsp3) is 0.700. The number of rotatable bonds is 1. The van der Waals surface area contributed by atoms with Crippen LogP contribution in [0.4, 0.5) is 0 Å². The van der Waals surface area contributed by atoms with Crippen LogP contribution in [0, 0.1) is 0 Å². The Labute approximate surface area is 90.2 Å². The normalized spacial score (nSPS) is 34.9. The molecule has 0 spiro atoms. The predicted molar refractivity (Wildman–Crippen MR) is 61.3 cm³/mol. The molecule has 0 saturated carbocycles. The van der Waals surface area contributed by atoms with Gasteiger partial charge in [0, 0.05) is 6.20 Å². The van der Waals surface area contributed by atoms with Crippen molar-refractivity contribution in [1.82, 2.24) is 16.0 Å². The Morgan fingerprint density at radius 1 is 1.47 bits per heavy atom. The van der Waals surface area contributed by atoms with Crippen LogP contribution < -0.4 is 21.7 Å². The zero-order valence-electron chi connectivity index (χ0n) is 9.09. The van der Waals surface area contributed by atoms with Gasteiger partial charge in [0.05, 0.1) is 6.04 Å². The minimum Gasteiger partial charge on any atom is -0.335 e. The Balaban J connectivity index is 1.98. The van der Waals surface area contributed by atoms with Crippen LogP contribution in [0.15, 0.2) is 17.3 Å². The van der Waals surface area contributed by atoms with E-state index in [9.17, 15) is 0 Å². The van der Waals surface area contributed by atoms with Gasteiger partial charge in [-0.15, -0.1) is 0 Å². The molecule has 5 nitrogen and oxygen atoms in total. The first kappa shape index (κ1) is 10.4. The van der Waals surface area contributed by atoms with Crippen LogP contribution in [0.1, 0.15) is 19.8 Å². The fourth-order valence-corrected chi connectivity index (χ4v) is 1.81. The highest BCUT2D eigenvalue weighted by Crippen LogP contribution is 2.08. The van der Waals surface area contributed by atoms with Crippen LogP contribution in [0.25, 0.3) is 0 Å². The summed E-state index contributed by atoms with van der Waals surface area (Å²) in [7, 11) is 0. The quantitative estimate of drug-likeness (QED) is 0.469. The van der Waals surface area contributed by atoms with Crippen molar-refractivity contribution in [2.24, 2.45) is 10.7 Å². The molecule has 2 heterocycles. The summed E-state index contributed by atoms with van der Waals surface area (Å²) < 4.78 is 0. The molecule has 2 aliphatic heterocycles. The summed E-state index contributed by atoms with van der Waals surface area (Å²) in [4.78, 5) is 4.61. The summed E-state index contributed by atoms with van der Waals surface area (Å²) in [5, 5.41) is 9.55. The van der Waals surface area contributed by atoms with Gasteiger partial charge in [0.1, 0.15) is 5.66 Å². The summed E-state index contributed by atoms with van der Waals surface area (Å²) in [6.07, 6.45) is 5.92. The maximum atomic E-state index is 5.94. The van der Waals surface area contributed by atoms with E-state index in [2.05, 4.69) is 20.9 Å². The van der Waals surface area contributed by atoms with Crippen molar-refractivity contribution in [2.45, 2.75) is 31.5 Å². The number of guanidine groups is 1. The molecule has 15 heavy (non-hydrogen) atoms. The third kappa shape index (κ3) is 2.94. The Morgan fingerprint density at radius 3 is 2.87 bits per heavy atom. The molecule has 0 radical (unpaired) electrons.